The Kier molecular flexibility index (Phi) is 5.64. The summed E-state index contributed by atoms with van der Waals surface area (Å²) in [5, 5.41) is 0.991. The van der Waals surface area contributed by atoms with Gasteiger partial charge < -0.3 is 9.64 Å². The second-order valence-corrected chi connectivity index (χ2v) is 5.03. The van der Waals surface area contributed by atoms with Crippen molar-refractivity contribution in [2.24, 2.45) is 0 Å². The molecule has 1 aromatic carbocycles. The van der Waals surface area contributed by atoms with E-state index in [4.69, 9.17) is 4.74 Å². The van der Waals surface area contributed by atoms with Gasteiger partial charge in [-0.2, -0.15) is 0 Å². The van der Waals surface area contributed by atoms with Crippen molar-refractivity contribution in [2.75, 3.05) is 26.0 Å². The summed E-state index contributed by atoms with van der Waals surface area (Å²) < 4.78 is 6.33. The van der Waals surface area contributed by atoms with E-state index in [-0.39, 0.29) is 0 Å². The van der Waals surface area contributed by atoms with Gasteiger partial charge in [-0.15, -0.1) is 0 Å². The van der Waals surface area contributed by atoms with E-state index in [1.165, 1.54) is 5.56 Å². The molecule has 4 heteroatoms. The summed E-state index contributed by atoms with van der Waals surface area (Å²) in [5.41, 5.74) is 1.25. The van der Waals surface area contributed by atoms with E-state index in [2.05, 4.69) is 49.9 Å². The van der Waals surface area contributed by atoms with Crippen LogP contribution in [0.4, 0.5) is 0 Å². The molecule has 0 N–H and O–H groups in total. The van der Waals surface area contributed by atoms with Crippen LogP contribution in [0.25, 0.3) is 0 Å². The maximum Gasteiger partial charge on any atom is 0.119 e. The van der Waals surface area contributed by atoms with Crippen molar-refractivity contribution >= 4 is 31.9 Å². The van der Waals surface area contributed by atoms with Gasteiger partial charge in [0.15, 0.2) is 0 Å². The first-order valence-electron chi connectivity index (χ1n) is 4.74. The molecule has 0 radical (unpaired) electrons. The van der Waals surface area contributed by atoms with Crippen LogP contribution in [0.1, 0.15) is 5.56 Å². The van der Waals surface area contributed by atoms with Crippen LogP contribution in [-0.2, 0) is 6.54 Å². The molecule has 0 atom stereocenters. The van der Waals surface area contributed by atoms with Crippen molar-refractivity contribution in [1.82, 2.24) is 4.90 Å². The maximum atomic E-state index is 5.20. The van der Waals surface area contributed by atoms with Crippen molar-refractivity contribution in [3.05, 3.63) is 28.2 Å². The second-order valence-electron chi connectivity index (χ2n) is 3.38. The SMILES string of the molecule is COc1ccc(Br)c(CN(C)CCBr)c1. The van der Waals surface area contributed by atoms with Crippen LogP contribution in [0, 0.1) is 0 Å². The molecule has 2 nitrogen and oxygen atoms in total. The molecule has 0 saturated carbocycles. The van der Waals surface area contributed by atoms with Gasteiger partial charge in [-0.1, -0.05) is 31.9 Å². The first-order chi connectivity index (χ1) is 7.17. The average molecular weight is 337 g/mol. The summed E-state index contributed by atoms with van der Waals surface area (Å²) in [6, 6.07) is 6.04. The van der Waals surface area contributed by atoms with Crippen LogP contribution in [0.15, 0.2) is 22.7 Å². The van der Waals surface area contributed by atoms with Gasteiger partial charge in [-0.3, -0.25) is 0 Å². The van der Waals surface area contributed by atoms with E-state index >= 15 is 0 Å². The molecule has 0 aliphatic rings. The van der Waals surface area contributed by atoms with Crippen molar-refractivity contribution < 1.29 is 4.74 Å². The third kappa shape index (κ3) is 4.13. The molecule has 0 fully saturated rings. The number of hydrogen-bond donors (Lipinski definition) is 0. The predicted molar refractivity (Wildman–Crippen MR) is 70.8 cm³/mol. The molecule has 1 aromatic rings. The molecule has 0 amide bonds. The number of methoxy groups -OCH3 is 1. The van der Waals surface area contributed by atoms with Crippen LogP contribution >= 0.6 is 31.9 Å². The Labute approximate surface area is 108 Å². The van der Waals surface area contributed by atoms with Crippen molar-refractivity contribution in [1.29, 1.82) is 0 Å². The molecule has 1 rings (SSSR count). The highest BCUT2D eigenvalue weighted by Gasteiger charge is 2.05. The molecule has 15 heavy (non-hydrogen) atoms. The maximum absolute atomic E-state index is 5.20. The minimum Gasteiger partial charge on any atom is -0.497 e. The van der Waals surface area contributed by atoms with E-state index in [1.807, 2.05) is 12.1 Å². The number of hydrogen-bond acceptors (Lipinski definition) is 2. The zero-order chi connectivity index (χ0) is 11.3. The van der Waals surface area contributed by atoms with Gasteiger partial charge in [0.25, 0.3) is 0 Å². The van der Waals surface area contributed by atoms with Gasteiger partial charge in [-0.05, 0) is 30.8 Å². The molecular weight excluding hydrogens is 322 g/mol. The Morgan fingerprint density at radius 3 is 2.73 bits per heavy atom. The van der Waals surface area contributed by atoms with E-state index in [1.54, 1.807) is 7.11 Å². The quantitative estimate of drug-likeness (QED) is 0.765. The Hall–Kier alpha value is -0.0600. The summed E-state index contributed by atoms with van der Waals surface area (Å²) in [6.07, 6.45) is 0. The molecule has 0 bridgehead atoms. The summed E-state index contributed by atoms with van der Waals surface area (Å²) >= 11 is 6.98. The van der Waals surface area contributed by atoms with E-state index in [9.17, 15) is 0 Å². The summed E-state index contributed by atoms with van der Waals surface area (Å²) in [4.78, 5) is 2.26. The molecule has 0 aromatic heterocycles. The fourth-order valence-electron chi connectivity index (χ4n) is 1.31. The largest absolute Gasteiger partial charge is 0.497 e. The van der Waals surface area contributed by atoms with Gasteiger partial charge in [0.2, 0.25) is 0 Å². The smallest absolute Gasteiger partial charge is 0.119 e. The number of nitrogens with zero attached hydrogens (tertiary/aromatic N) is 1. The third-order valence-corrected chi connectivity index (χ3v) is 3.29. The fourth-order valence-corrected chi connectivity index (χ4v) is 2.29. The molecular formula is C11H15Br2NO. The molecule has 0 heterocycles. The minimum atomic E-state index is 0.903. The second kappa shape index (κ2) is 6.51. The Bertz CT molecular complexity index is 317. The number of ether oxygens (including phenoxy) is 1. The standard InChI is InChI=1S/C11H15Br2NO/c1-14(6-5-12)8-9-7-10(15-2)3-4-11(9)13/h3-4,7H,5-6,8H2,1-2H3. The molecule has 0 aliphatic carbocycles. The van der Waals surface area contributed by atoms with Crippen molar-refractivity contribution in [3.8, 4) is 5.75 Å². The third-order valence-electron chi connectivity index (χ3n) is 2.16. The highest BCUT2D eigenvalue weighted by molar-refractivity contribution is 9.10. The Balaban J connectivity index is 2.74. The average Bonchev–Trinajstić information content (AvgIpc) is 2.21. The zero-order valence-corrected chi connectivity index (χ0v) is 12.1. The number of alkyl halides is 1. The lowest BCUT2D eigenvalue weighted by molar-refractivity contribution is 0.347. The molecule has 0 aliphatic heterocycles. The van der Waals surface area contributed by atoms with Crippen LogP contribution in [-0.4, -0.2) is 30.9 Å². The summed E-state index contributed by atoms with van der Waals surface area (Å²) in [6.45, 7) is 1.95. The topological polar surface area (TPSA) is 12.5 Å². The van der Waals surface area contributed by atoms with Crippen LogP contribution in [0.5, 0.6) is 5.75 Å². The first kappa shape index (κ1) is 13.0. The molecule has 0 spiro atoms. The lowest BCUT2D eigenvalue weighted by atomic mass is 10.2. The van der Waals surface area contributed by atoms with Gasteiger partial charge >= 0.3 is 0 Å². The van der Waals surface area contributed by atoms with Crippen LogP contribution in [0.3, 0.4) is 0 Å². The molecule has 0 unspecified atom stereocenters. The van der Waals surface area contributed by atoms with E-state index < -0.39 is 0 Å². The Morgan fingerprint density at radius 2 is 2.13 bits per heavy atom. The highest BCUT2D eigenvalue weighted by Crippen LogP contribution is 2.23. The lowest BCUT2D eigenvalue weighted by Crippen LogP contribution is -2.20. The van der Waals surface area contributed by atoms with Crippen LogP contribution in [0.2, 0.25) is 0 Å². The molecule has 84 valence electrons. The summed E-state index contributed by atoms with van der Waals surface area (Å²) in [5.74, 6) is 0.903. The Morgan fingerprint density at radius 1 is 1.40 bits per heavy atom. The molecule has 0 saturated heterocycles. The van der Waals surface area contributed by atoms with E-state index in [0.29, 0.717) is 0 Å². The van der Waals surface area contributed by atoms with Crippen molar-refractivity contribution in [3.63, 3.8) is 0 Å². The summed E-state index contributed by atoms with van der Waals surface area (Å²) in [7, 11) is 3.79. The highest BCUT2D eigenvalue weighted by atomic mass is 79.9. The van der Waals surface area contributed by atoms with Gasteiger partial charge in [0, 0.05) is 22.9 Å². The van der Waals surface area contributed by atoms with Gasteiger partial charge in [0.05, 0.1) is 7.11 Å². The predicted octanol–water partition coefficient (Wildman–Crippen LogP) is 3.28. The number of benzene rings is 1. The number of halogens is 2. The first-order valence-corrected chi connectivity index (χ1v) is 6.65. The number of rotatable bonds is 5. The normalized spacial score (nSPS) is 10.7. The zero-order valence-electron chi connectivity index (χ0n) is 8.96. The minimum absolute atomic E-state index is 0.903. The van der Waals surface area contributed by atoms with Gasteiger partial charge in [-0.25, -0.2) is 0 Å². The van der Waals surface area contributed by atoms with E-state index in [0.717, 1.165) is 28.6 Å². The fraction of sp³-hybridized carbons (Fsp3) is 0.455. The van der Waals surface area contributed by atoms with Crippen molar-refractivity contribution in [2.45, 2.75) is 6.54 Å². The van der Waals surface area contributed by atoms with Gasteiger partial charge in [0.1, 0.15) is 5.75 Å². The lowest BCUT2D eigenvalue weighted by Gasteiger charge is -2.16. The monoisotopic (exact) mass is 335 g/mol. The van der Waals surface area contributed by atoms with Crippen LogP contribution < -0.4 is 4.74 Å².